The van der Waals surface area contributed by atoms with E-state index in [-0.39, 0.29) is 23.1 Å². The third-order valence-corrected chi connectivity index (χ3v) is 6.33. The quantitative estimate of drug-likeness (QED) is 0.355. The van der Waals surface area contributed by atoms with Gasteiger partial charge in [-0.3, -0.25) is 14.3 Å². The molecule has 0 radical (unpaired) electrons. The van der Waals surface area contributed by atoms with Crippen molar-refractivity contribution in [3.63, 3.8) is 0 Å². The summed E-state index contributed by atoms with van der Waals surface area (Å²) >= 11 is 0. The first-order valence-corrected chi connectivity index (χ1v) is 11.1. The second kappa shape index (κ2) is 9.04. The number of nitrogens with zero attached hydrogens (tertiary/aromatic N) is 3. The van der Waals surface area contributed by atoms with Gasteiger partial charge in [0.1, 0.15) is 11.4 Å². The summed E-state index contributed by atoms with van der Waals surface area (Å²) in [6, 6.07) is 6.56. The Labute approximate surface area is 194 Å². The molecule has 3 aromatic rings. The topological polar surface area (TPSA) is 76.9 Å². The number of amides is 1. The molecule has 0 bridgehead atoms. The Morgan fingerprint density at radius 2 is 1.82 bits per heavy atom. The second-order valence-corrected chi connectivity index (χ2v) is 8.83. The summed E-state index contributed by atoms with van der Waals surface area (Å²) in [4.78, 5) is 28.3. The van der Waals surface area contributed by atoms with Crippen molar-refractivity contribution in [2.45, 2.75) is 51.7 Å². The maximum absolute atomic E-state index is 13.0. The minimum absolute atomic E-state index is 0.203. The number of nitrogens with one attached hydrogen (secondary N) is 1. The number of rotatable bonds is 5. The van der Waals surface area contributed by atoms with E-state index in [0.29, 0.717) is 11.4 Å². The maximum Gasteiger partial charge on any atom is 0.433 e. The molecule has 0 atom stereocenters. The summed E-state index contributed by atoms with van der Waals surface area (Å²) in [5.74, 6) is -0.610. The number of anilines is 1. The van der Waals surface area contributed by atoms with Gasteiger partial charge in [0, 0.05) is 17.1 Å². The number of hydrogen-bond acceptors (Lipinski definition) is 4. The van der Waals surface area contributed by atoms with Gasteiger partial charge in [-0.15, -0.1) is 0 Å². The van der Waals surface area contributed by atoms with Crippen molar-refractivity contribution in [2.24, 2.45) is 5.92 Å². The fraction of sp³-hybridized carbons (Fsp3) is 0.360. The molecular formula is C25H25F3N4O2. The van der Waals surface area contributed by atoms with Crippen LogP contribution in [0.15, 0.2) is 48.7 Å². The number of fused-ring (bicyclic) bond motifs is 1. The molecule has 0 spiro atoms. The van der Waals surface area contributed by atoms with Crippen LogP contribution in [0.1, 0.15) is 72.1 Å². The van der Waals surface area contributed by atoms with Crippen LogP contribution in [0, 0.1) is 5.92 Å². The summed E-state index contributed by atoms with van der Waals surface area (Å²) in [5.41, 5.74) is 0.687. The molecule has 2 aromatic heterocycles. The van der Waals surface area contributed by atoms with E-state index in [4.69, 9.17) is 0 Å². The van der Waals surface area contributed by atoms with Crippen molar-refractivity contribution < 1.29 is 22.8 Å². The van der Waals surface area contributed by atoms with Gasteiger partial charge in [-0.05, 0) is 69.7 Å². The van der Waals surface area contributed by atoms with Gasteiger partial charge in [0.25, 0.3) is 5.91 Å². The Morgan fingerprint density at radius 3 is 2.44 bits per heavy atom. The van der Waals surface area contributed by atoms with E-state index in [1.165, 1.54) is 18.6 Å². The van der Waals surface area contributed by atoms with Crippen LogP contribution in [-0.2, 0) is 6.18 Å². The van der Waals surface area contributed by atoms with Crippen molar-refractivity contribution in [1.29, 1.82) is 0 Å². The van der Waals surface area contributed by atoms with Gasteiger partial charge in [-0.2, -0.15) is 18.3 Å². The highest BCUT2D eigenvalue weighted by Crippen LogP contribution is 2.36. The van der Waals surface area contributed by atoms with Gasteiger partial charge in [0.2, 0.25) is 0 Å². The summed E-state index contributed by atoms with van der Waals surface area (Å²) in [7, 11) is 0. The first-order chi connectivity index (χ1) is 16.0. The average molecular weight is 470 g/mol. The SMILES string of the molecule is C=C(C)C1CCC(n2cc3cc(NC(=O)c4cccc(C(F)(F)F)n4)c(C(C)=O)cc3n2)CC1. The molecule has 0 aliphatic heterocycles. The molecule has 1 fully saturated rings. The van der Waals surface area contributed by atoms with Crippen LogP contribution in [0.3, 0.4) is 0 Å². The van der Waals surface area contributed by atoms with Gasteiger partial charge >= 0.3 is 6.18 Å². The van der Waals surface area contributed by atoms with Gasteiger partial charge in [-0.1, -0.05) is 18.2 Å². The lowest BCUT2D eigenvalue weighted by Gasteiger charge is -2.28. The zero-order valence-corrected chi connectivity index (χ0v) is 18.9. The van der Waals surface area contributed by atoms with Gasteiger partial charge < -0.3 is 5.32 Å². The number of hydrogen-bond donors (Lipinski definition) is 1. The fourth-order valence-corrected chi connectivity index (χ4v) is 4.41. The van der Waals surface area contributed by atoms with Crippen molar-refractivity contribution in [2.75, 3.05) is 5.32 Å². The molecule has 4 rings (SSSR count). The molecule has 34 heavy (non-hydrogen) atoms. The first kappa shape index (κ1) is 23.7. The molecule has 9 heteroatoms. The highest BCUT2D eigenvalue weighted by molar-refractivity contribution is 6.10. The molecule has 1 aromatic carbocycles. The lowest BCUT2D eigenvalue weighted by molar-refractivity contribution is -0.141. The third-order valence-electron chi connectivity index (χ3n) is 6.33. The Bertz CT molecular complexity index is 1270. The standard InChI is InChI=1S/C25H25F3N4O2/c1-14(2)16-7-9-18(10-8-16)32-13-17-11-22(19(15(3)33)12-21(17)31-32)30-24(34)20-5-4-6-23(29-20)25(26,27)28/h4-6,11-13,16,18H,1,7-10H2,2-3H3,(H,30,34). The molecule has 1 N–H and O–H groups in total. The van der Waals surface area contributed by atoms with Crippen LogP contribution in [0.5, 0.6) is 0 Å². The van der Waals surface area contributed by atoms with E-state index in [9.17, 15) is 22.8 Å². The molecule has 1 aliphatic rings. The predicted molar refractivity (Wildman–Crippen MR) is 123 cm³/mol. The van der Waals surface area contributed by atoms with E-state index >= 15 is 0 Å². The molecule has 2 heterocycles. The van der Waals surface area contributed by atoms with Crippen molar-refractivity contribution >= 4 is 28.3 Å². The smallest absolute Gasteiger partial charge is 0.320 e. The van der Waals surface area contributed by atoms with E-state index in [1.807, 2.05) is 10.9 Å². The number of Topliss-reactive ketones (excluding diaryl/α,β-unsaturated/α-hetero) is 1. The summed E-state index contributed by atoms with van der Waals surface area (Å²) in [6.45, 7) is 7.47. The number of carbonyl (C=O) groups is 2. The molecule has 0 unspecified atom stereocenters. The van der Waals surface area contributed by atoms with Crippen molar-refractivity contribution in [3.05, 3.63) is 65.6 Å². The Kier molecular flexibility index (Phi) is 6.29. The number of carbonyl (C=O) groups excluding carboxylic acids is 2. The van der Waals surface area contributed by atoms with Crippen LogP contribution in [0.2, 0.25) is 0 Å². The fourth-order valence-electron chi connectivity index (χ4n) is 4.41. The minimum atomic E-state index is -4.67. The normalized spacial score (nSPS) is 18.6. The zero-order chi connectivity index (χ0) is 24.6. The lowest BCUT2D eigenvalue weighted by Crippen LogP contribution is -2.18. The molecule has 1 amide bonds. The predicted octanol–water partition coefficient (Wildman–Crippen LogP) is 6.21. The Balaban J connectivity index is 1.61. The number of aromatic nitrogens is 3. The zero-order valence-electron chi connectivity index (χ0n) is 18.9. The molecule has 0 saturated heterocycles. The van der Waals surface area contributed by atoms with Crippen LogP contribution in [-0.4, -0.2) is 26.5 Å². The monoisotopic (exact) mass is 470 g/mol. The van der Waals surface area contributed by atoms with Crippen LogP contribution in [0.25, 0.3) is 10.9 Å². The second-order valence-electron chi connectivity index (χ2n) is 8.83. The average Bonchev–Trinajstić information content (AvgIpc) is 3.21. The van der Waals surface area contributed by atoms with Crippen LogP contribution < -0.4 is 5.32 Å². The van der Waals surface area contributed by atoms with Gasteiger partial charge in [0.05, 0.1) is 17.2 Å². The number of pyridine rings is 1. The molecule has 178 valence electrons. The van der Waals surface area contributed by atoms with Crippen LogP contribution in [0.4, 0.5) is 18.9 Å². The third kappa shape index (κ3) is 4.88. The number of allylic oxidation sites excluding steroid dienone is 1. The number of halogens is 3. The van der Waals surface area contributed by atoms with E-state index in [2.05, 4.69) is 28.9 Å². The van der Waals surface area contributed by atoms with Gasteiger partial charge in [0.15, 0.2) is 5.78 Å². The molecule has 1 saturated carbocycles. The Morgan fingerprint density at radius 1 is 1.12 bits per heavy atom. The van der Waals surface area contributed by atoms with Gasteiger partial charge in [-0.25, -0.2) is 4.98 Å². The Hall–Kier alpha value is -3.49. The van der Waals surface area contributed by atoms with E-state index < -0.39 is 23.5 Å². The van der Waals surface area contributed by atoms with E-state index in [0.717, 1.165) is 43.2 Å². The lowest BCUT2D eigenvalue weighted by atomic mass is 9.82. The molecular weight excluding hydrogens is 445 g/mol. The first-order valence-electron chi connectivity index (χ1n) is 11.1. The molecule has 1 aliphatic carbocycles. The minimum Gasteiger partial charge on any atom is -0.320 e. The van der Waals surface area contributed by atoms with E-state index in [1.54, 1.807) is 12.1 Å². The van der Waals surface area contributed by atoms with Crippen molar-refractivity contribution in [1.82, 2.24) is 14.8 Å². The van der Waals surface area contributed by atoms with Crippen LogP contribution >= 0.6 is 0 Å². The number of alkyl halides is 3. The molecule has 6 nitrogen and oxygen atoms in total. The highest BCUT2D eigenvalue weighted by Gasteiger charge is 2.33. The number of ketones is 1. The summed E-state index contributed by atoms with van der Waals surface area (Å²) in [5, 5.41) is 7.93. The summed E-state index contributed by atoms with van der Waals surface area (Å²) in [6.07, 6.45) is 1.23. The van der Waals surface area contributed by atoms with Crippen molar-refractivity contribution in [3.8, 4) is 0 Å². The highest BCUT2D eigenvalue weighted by atomic mass is 19.4. The summed E-state index contributed by atoms with van der Waals surface area (Å²) < 4.78 is 40.8. The largest absolute Gasteiger partial charge is 0.433 e. The number of benzene rings is 1. The maximum atomic E-state index is 13.0.